The summed E-state index contributed by atoms with van der Waals surface area (Å²) in [7, 11) is 1.42. The summed E-state index contributed by atoms with van der Waals surface area (Å²) in [5.41, 5.74) is 0.834. The molecule has 56 valence electrons. The summed E-state index contributed by atoms with van der Waals surface area (Å²) in [4.78, 5) is 10.9. The Balaban J connectivity index is 2.53. The second-order valence-electron chi connectivity index (χ2n) is 2.05. The van der Waals surface area contributed by atoms with Crippen LogP contribution in [0.5, 0.6) is 0 Å². The number of thioether (sulfide) groups is 1. The molecule has 2 nitrogen and oxygen atoms in total. The van der Waals surface area contributed by atoms with Gasteiger partial charge in [0.25, 0.3) is 0 Å². The summed E-state index contributed by atoms with van der Waals surface area (Å²) >= 11 is 1.84. The third kappa shape index (κ3) is 1.77. The number of hydrogen-bond acceptors (Lipinski definition) is 3. The van der Waals surface area contributed by atoms with Crippen LogP contribution in [0, 0.1) is 0 Å². The largest absolute Gasteiger partial charge is 0.466 e. The highest BCUT2D eigenvalue weighted by atomic mass is 32.2. The highest BCUT2D eigenvalue weighted by Gasteiger charge is 2.11. The molecule has 0 aromatic heterocycles. The first-order chi connectivity index (χ1) is 4.84. The molecule has 0 saturated carbocycles. The monoisotopic (exact) mass is 158 g/mol. The van der Waals surface area contributed by atoms with Crippen LogP contribution < -0.4 is 0 Å². The van der Waals surface area contributed by atoms with Crippen molar-refractivity contribution < 1.29 is 9.53 Å². The zero-order chi connectivity index (χ0) is 7.40. The zero-order valence-electron chi connectivity index (χ0n) is 5.92. The van der Waals surface area contributed by atoms with Gasteiger partial charge in [0.15, 0.2) is 0 Å². The maximum atomic E-state index is 10.9. The lowest BCUT2D eigenvalue weighted by molar-refractivity contribution is -0.136. The van der Waals surface area contributed by atoms with Crippen LogP contribution in [-0.4, -0.2) is 24.6 Å². The van der Waals surface area contributed by atoms with Crippen molar-refractivity contribution in [2.75, 3.05) is 18.6 Å². The molecule has 0 aromatic rings. The molecule has 1 rings (SSSR count). The van der Waals surface area contributed by atoms with E-state index in [0.29, 0.717) is 0 Å². The van der Waals surface area contributed by atoms with E-state index in [1.165, 1.54) is 7.11 Å². The molecular weight excluding hydrogens is 148 g/mol. The van der Waals surface area contributed by atoms with E-state index in [0.717, 1.165) is 23.5 Å². The molecule has 0 atom stereocenters. The Bertz CT molecular complexity index is 163. The summed E-state index contributed by atoms with van der Waals surface area (Å²) in [5, 5.41) is 0. The Hall–Kier alpha value is -0.440. The van der Waals surface area contributed by atoms with E-state index in [1.54, 1.807) is 0 Å². The van der Waals surface area contributed by atoms with Crippen LogP contribution in [0.1, 0.15) is 6.42 Å². The highest BCUT2D eigenvalue weighted by Crippen LogP contribution is 2.17. The molecule has 0 fully saturated rings. The van der Waals surface area contributed by atoms with Crippen LogP contribution in [0.25, 0.3) is 0 Å². The van der Waals surface area contributed by atoms with Gasteiger partial charge in [-0.2, -0.15) is 11.8 Å². The number of methoxy groups -OCH3 is 1. The SMILES string of the molecule is COC(=O)C1=CCSCC1. The number of ether oxygens (including phenoxy) is 1. The number of carbonyl (C=O) groups is 1. The smallest absolute Gasteiger partial charge is 0.333 e. The summed E-state index contributed by atoms with van der Waals surface area (Å²) in [5.74, 6) is 1.83. The molecular formula is C7H10O2S. The average molecular weight is 158 g/mol. The van der Waals surface area contributed by atoms with Crippen molar-refractivity contribution in [3.05, 3.63) is 11.6 Å². The van der Waals surface area contributed by atoms with E-state index >= 15 is 0 Å². The fourth-order valence-corrected chi connectivity index (χ4v) is 1.69. The molecule has 0 amide bonds. The third-order valence-electron chi connectivity index (χ3n) is 1.41. The number of esters is 1. The zero-order valence-corrected chi connectivity index (χ0v) is 6.74. The maximum absolute atomic E-state index is 10.9. The molecule has 10 heavy (non-hydrogen) atoms. The first-order valence-electron chi connectivity index (χ1n) is 3.19. The lowest BCUT2D eigenvalue weighted by Gasteiger charge is -2.09. The molecule has 3 heteroatoms. The van der Waals surface area contributed by atoms with Gasteiger partial charge in [-0.25, -0.2) is 4.79 Å². The third-order valence-corrected chi connectivity index (χ3v) is 2.31. The molecule has 0 spiro atoms. The summed E-state index contributed by atoms with van der Waals surface area (Å²) in [6, 6.07) is 0. The first kappa shape index (κ1) is 7.66. The molecule has 1 aliphatic rings. The minimum atomic E-state index is -0.166. The summed E-state index contributed by atoms with van der Waals surface area (Å²) in [6.07, 6.45) is 2.80. The predicted octanol–water partition coefficient (Wildman–Crippen LogP) is 1.22. The molecule has 0 aliphatic carbocycles. The van der Waals surface area contributed by atoms with Crippen molar-refractivity contribution in [2.45, 2.75) is 6.42 Å². The summed E-state index contributed by atoms with van der Waals surface area (Å²) < 4.78 is 4.57. The molecule has 0 bridgehead atoms. The van der Waals surface area contributed by atoms with Gasteiger partial charge in [-0.1, -0.05) is 6.08 Å². The van der Waals surface area contributed by atoms with E-state index < -0.39 is 0 Å². The van der Waals surface area contributed by atoms with E-state index in [-0.39, 0.29) is 5.97 Å². The molecule has 0 N–H and O–H groups in total. The van der Waals surface area contributed by atoms with Crippen molar-refractivity contribution in [1.29, 1.82) is 0 Å². The molecule has 0 unspecified atom stereocenters. The van der Waals surface area contributed by atoms with Crippen LogP contribution in [0.2, 0.25) is 0 Å². The van der Waals surface area contributed by atoms with E-state index in [2.05, 4.69) is 4.74 Å². The normalized spacial score (nSPS) is 17.9. The maximum Gasteiger partial charge on any atom is 0.333 e. The van der Waals surface area contributed by atoms with Crippen molar-refractivity contribution in [2.24, 2.45) is 0 Å². The van der Waals surface area contributed by atoms with E-state index in [4.69, 9.17) is 0 Å². The molecule has 0 aromatic carbocycles. The van der Waals surface area contributed by atoms with Crippen LogP contribution in [-0.2, 0) is 9.53 Å². The standard InChI is InChI=1S/C7H10O2S/c1-9-7(8)6-2-4-10-5-3-6/h2H,3-5H2,1H3. The Morgan fingerprint density at radius 3 is 3.10 bits per heavy atom. The Labute approximate surface area is 64.6 Å². The topological polar surface area (TPSA) is 26.3 Å². The van der Waals surface area contributed by atoms with Gasteiger partial charge in [-0.3, -0.25) is 0 Å². The lowest BCUT2D eigenvalue weighted by Crippen LogP contribution is -2.08. The average Bonchev–Trinajstić information content (AvgIpc) is 2.05. The second kappa shape index (κ2) is 3.66. The van der Waals surface area contributed by atoms with Crippen LogP contribution in [0.4, 0.5) is 0 Å². The fourth-order valence-electron chi connectivity index (χ4n) is 0.844. The molecule has 1 aliphatic heterocycles. The Morgan fingerprint density at radius 2 is 2.60 bits per heavy atom. The van der Waals surface area contributed by atoms with Gasteiger partial charge in [-0.05, 0) is 12.2 Å². The van der Waals surface area contributed by atoms with Crippen molar-refractivity contribution >= 4 is 17.7 Å². The van der Waals surface area contributed by atoms with Crippen molar-refractivity contribution in [3.8, 4) is 0 Å². The van der Waals surface area contributed by atoms with Gasteiger partial charge >= 0.3 is 5.97 Å². The second-order valence-corrected chi connectivity index (χ2v) is 3.20. The van der Waals surface area contributed by atoms with Crippen molar-refractivity contribution in [3.63, 3.8) is 0 Å². The predicted molar refractivity (Wildman–Crippen MR) is 42.0 cm³/mol. The first-order valence-corrected chi connectivity index (χ1v) is 4.35. The van der Waals surface area contributed by atoms with Gasteiger partial charge in [0, 0.05) is 11.3 Å². The van der Waals surface area contributed by atoms with E-state index in [1.807, 2.05) is 17.8 Å². The Kier molecular flexibility index (Phi) is 2.81. The Morgan fingerprint density at radius 1 is 1.80 bits per heavy atom. The number of rotatable bonds is 1. The van der Waals surface area contributed by atoms with E-state index in [9.17, 15) is 4.79 Å². The summed E-state index contributed by atoms with van der Waals surface area (Å²) in [6.45, 7) is 0. The lowest BCUT2D eigenvalue weighted by atomic mass is 10.2. The van der Waals surface area contributed by atoms with Crippen LogP contribution in [0.3, 0.4) is 0 Å². The van der Waals surface area contributed by atoms with Crippen LogP contribution >= 0.6 is 11.8 Å². The minimum absolute atomic E-state index is 0.166. The van der Waals surface area contributed by atoms with Gasteiger partial charge in [0.2, 0.25) is 0 Å². The molecule has 0 saturated heterocycles. The number of carbonyl (C=O) groups excluding carboxylic acids is 1. The molecule has 0 radical (unpaired) electrons. The quantitative estimate of drug-likeness (QED) is 0.537. The highest BCUT2D eigenvalue weighted by molar-refractivity contribution is 7.99. The van der Waals surface area contributed by atoms with Crippen molar-refractivity contribution in [1.82, 2.24) is 0 Å². The van der Waals surface area contributed by atoms with Gasteiger partial charge in [-0.15, -0.1) is 0 Å². The fraction of sp³-hybridized carbons (Fsp3) is 0.571. The molecule has 1 heterocycles. The van der Waals surface area contributed by atoms with Crippen LogP contribution in [0.15, 0.2) is 11.6 Å². The number of hydrogen-bond donors (Lipinski definition) is 0. The van der Waals surface area contributed by atoms with Gasteiger partial charge in [0.1, 0.15) is 0 Å². The van der Waals surface area contributed by atoms with Gasteiger partial charge < -0.3 is 4.74 Å². The minimum Gasteiger partial charge on any atom is -0.466 e. The van der Waals surface area contributed by atoms with Gasteiger partial charge in [0.05, 0.1) is 7.11 Å².